The number of anilines is 1. The van der Waals surface area contributed by atoms with Crippen LogP contribution in [0.3, 0.4) is 0 Å². The second-order valence-corrected chi connectivity index (χ2v) is 6.06. The molecule has 0 aromatic heterocycles. The van der Waals surface area contributed by atoms with E-state index in [9.17, 15) is 0 Å². The van der Waals surface area contributed by atoms with E-state index in [1.54, 1.807) is 7.11 Å². The normalized spacial score (nSPS) is 10.3. The number of methoxy groups -OCH3 is 1. The number of benzene rings is 2. The lowest BCUT2D eigenvalue weighted by Gasteiger charge is -2.11. The number of halogens is 3. The average Bonchev–Trinajstić information content (AvgIpc) is 2.41. The number of nitrogens with one attached hydrogen (secondary N) is 1. The third kappa shape index (κ3) is 3.88. The largest absolute Gasteiger partial charge is 0.497 e. The zero-order valence-electron chi connectivity index (χ0n) is 10.2. The molecule has 0 heterocycles. The van der Waals surface area contributed by atoms with Gasteiger partial charge in [0.1, 0.15) is 5.75 Å². The molecule has 0 radical (unpaired) electrons. The minimum Gasteiger partial charge on any atom is -0.497 e. The lowest BCUT2D eigenvalue weighted by molar-refractivity contribution is 0.415. The first-order valence-electron chi connectivity index (χ1n) is 5.61. The van der Waals surface area contributed by atoms with Crippen molar-refractivity contribution >= 4 is 49.1 Å². The summed E-state index contributed by atoms with van der Waals surface area (Å²) >= 11 is 13.0. The SMILES string of the molecule is COc1ccc(Br)c(NCc2ccc(Br)c(Cl)c2)c1. The van der Waals surface area contributed by atoms with Crippen molar-refractivity contribution in [3.05, 3.63) is 55.9 Å². The molecule has 2 nitrogen and oxygen atoms in total. The minimum absolute atomic E-state index is 0.693. The van der Waals surface area contributed by atoms with Crippen molar-refractivity contribution in [3.8, 4) is 5.75 Å². The van der Waals surface area contributed by atoms with Crippen LogP contribution in [0.4, 0.5) is 5.69 Å². The maximum atomic E-state index is 6.07. The Morgan fingerprint density at radius 3 is 2.53 bits per heavy atom. The molecule has 0 unspecified atom stereocenters. The summed E-state index contributed by atoms with van der Waals surface area (Å²) in [5, 5.41) is 4.06. The van der Waals surface area contributed by atoms with E-state index in [4.69, 9.17) is 16.3 Å². The zero-order chi connectivity index (χ0) is 13.8. The van der Waals surface area contributed by atoms with Crippen molar-refractivity contribution < 1.29 is 4.74 Å². The summed E-state index contributed by atoms with van der Waals surface area (Å²) in [7, 11) is 1.65. The fourth-order valence-corrected chi connectivity index (χ4v) is 2.45. The van der Waals surface area contributed by atoms with E-state index in [1.807, 2.05) is 36.4 Å². The Labute approximate surface area is 134 Å². The second-order valence-electron chi connectivity index (χ2n) is 3.95. The molecule has 0 aliphatic carbocycles. The first-order chi connectivity index (χ1) is 9.10. The molecule has 0 aliphatic rings. The van der Waals surface area contributed by atoms with Crippen LogP contribution in [0.25, 0.3) is 0 Å². The molecule has 0 saturated heterocycles. The molecule has 100 valence electrons. The molecule has 5 heteroatoms. The molecule has 0 aliphatic heterocycles. The highest BCUT2D eigenvalue weighted by molar-refractivity contribution is 9.11. The lowest BCUT2D eigenvalue weighted by Crippen LogP contribution is -2.00. The van der Waals surface area contributed by atoms with Gasteiger partial charge in [-0.15, -0.1) is 0 Å². The molecule has 2 rings (SSSR count). The summed E-state index contributed by atoms with van der Waals surface area (Å²) < 4.78 is 7.11. The second kappa shape index (κ2) is 6.64. The molecular weight excluding hydrogens is 393 g/mol. The quantitative estimate of drug-likeness (QED) is 0.727. The maximum absolute atomic E-state index is 6.07. The first kappa shape index (κ1) is 14.7. The number of hydrogen-bond donors (Lipinski definition) is 1. The molecule has 0 bridgehead atoms. The summed E-state index contributed by atoms with van der Waals surface area (Å²) in [4.78, 5) is 0. The Hall–Kier alpha value is -0.710. The molecule has 1 N–H and O–H groups in total. The van der Waals surface area contributed by atoms with Gasteiger partial charge < -0.3 is 10.1 Å². The predicted molar refractivity (Wildman–Crippen MR) is 87.2 cm³/mol. The highest BCUT2D eigenvalue weighted by Gasteiger charge is 2.03. The Morgan fingerprint density at radius 2 is 1.84 bits per heavy atom. The molecule has 0 fully saturated rings. The van der Waals surface area contributed by atoms with Crippen LogP contribution in [-0.2, 0) is 6.54 Å². The monoisotopic (exact) mass is 403 g/mol. The van der Waals surface area contributed by atoms with Gasteiger partial charge in [-0.1, -0.05) is 17.7 Å². The van der Waals surface area contributed by atoms with Gasteiger partial charge in [0.2, 0.25) is 0 Å². The van der Waals surface area contributed by atoms with Gasteiger partial charge in [0.05, 0.1) is 17.8 Å². The number of hydrogen-bond acceptors (Lipinski definition) is 2. The van der Waals surface area contributed by atoms with Crippen molar-refractivity contribution in [2.24, 2.45) is 0 Å². The van der Waals surface area contributed by atoms with Gasteiger partial charge in [-0.3, -0.25) is 0 Å². The smallest absolute Gasteiger partial charge is 0.121 e. The molecule has 0 atom stereocenters. The van der Waals surface area contributed by atoms with E-state index >= 15 is 0 Å². The summed E-state index contributed by atoms with van der Waals surface area (Å²) in [6.07, 6.45) is 0. The third-order valence-corrected chi connectivity index (χ3v) is 4.56. The lowest BCUT2D eigenvalue weighted by atomic mass is 10.2. The van der Waals surface area contributed by atoms with E-state index in [1.165, 1.54) is 0 Å². The Kier molecular flexibility index (Phi) is 5.13. The maximum Gasteiger partial charge on any atom is 0.121 e. The summed E-state index contributed by atoms with van der Waals surface area (Å²) in [5.41, 5.74) is 2.10. The average molecular weight is 406 g/mol. The van der Waals surface area contributed by atoms with E-state index in [2.05, 4.69) is 37.2 Å². The van der Waals surface area contributed by atoms with Crippen LogP contribution >= 0.6 is 43.5 Å². The van der Waals surface area contributed by atoms with E-state index in [-0.39, 0.29) is 0 Å². The van der Waals surface area contributed by atoms with Crippen molar-refractivity contribution in [2.45, 2.75) is 6.54 Å². The number of ether oxygens (including phenoxy) is 1. The van der Waals surface area contributed by atoms with Gasteiger partial charge in [-0.2, -0.15) is 0 Å². The molecular formula is C14H12Br2ClNO. The third-order valence-electron chi connectivity index (χ3n) is 2.64. The molecule has 0 amide bonds. The minimum atomic E-state index is 0.693. The summed E-state index contributed by atoms with van der Waals surface area (Å²) in [6.45, 7) is 0.693. The summed E-state index contributed by atoms with van der Waals surface area (Å²) in [5.74, 6) is 0.819. The Morgan fingerprint density at radius 1 is 1.11 bits per heavy atom. The van der Waals surface area contributed by atoms with Gasteiger partial charge in [0, 0.05) is 21.6 Å². The predicted octanol–water partition coefficient (Wildman–Crippen LogP) is 5.49. The van der Waals surface area contributed by atoms with Crippen LogP contribution in [0.5, 0.6) is 5.75 Å². The number of rotatable bonds is 4. The van der Waals surface area contributed by atoms with Crippen LogP contribution in [0.2, 0.25) is 5.02 Å². The molecule has 2 aromatic rings. The van der Waals surface area contributed by atoms with Gasteiger partial charge in [0.15, 0.2) is 0 Å². The van der Waals surface area contributed by atoms with Crippen molar-refractivity contribution in [1.29, 1.82) is 0 Å². The molecule has 0 spiro atoms. The van der Waals surface area contributed by atoms with Gasteiger partial charge in [-0.05, 0) is 61.7 Å². The topological polar surface area (TPSA) is 21.3 Å². The van der Waals surface area contributed by atoms with E-state index in [0.29, 0.717) is 11.6 Å². The van der Waals surface area contributed by atoms with Gasteiger partial charge >= 0.3 is 0 Å². The standard InChI is InChI=1S/C14H12Br2ClNO/c1-19-10-3-5-12(16)14(7-10)18-8-9-2-4-11(15)13(17)6-9/h2-7,18H,8H2,1H3. The van der Waals surface area contributed by atoms with Crippen LogP contribution in [-0.4, -0.2) is 7.11 Å². The Balaban J connectivity index is 2.11. The molecule has 2 aromatic carbocycles. The highest BCUT2D eigenvalue weighted by atomic mass is 79.9. The highest BCUT2D eigenvalue weighted by Crippen LogP contribution is 2.28. The van der Waals surface area contributed by atoms with Crippen molar-refractivity contribution in [3.63, 3.8) is 0 Å². The van der Waals surface area contributed by atoms with Crippen LogP contribution in [0.15, 0.2) is 45.3 Å². The van der Waals surface area contributed by atoms with E-state index in [0.717, 1.165) is 25.9 Å². The van der Waals surface area contributed by atoms with Crippen molar-refractivity contribution in [1.82, 2.24) is 0 Å². The van der Waals surface area contributed by atoms with E-state index < -0.39 is 0 Å². The van der Waals surface area contributed by atoms with Gasteiger partial charge in [0.25, 0.3) is 0 Å². The first-order valence-corrected chi connectivity index (χ1v) is 7.58. The van der Waals surface area contributed by atoms with Crippen molar-refractivity contribution in [2.75, 3.05) is 12.4 Å². The van der Waals surface area contributed by atoms with Gasteiger partial charge in [-0.25, -0.2) is 0 Å². The van der Waals surface area contributed by atoms with Crippen LogP contribution in [0.1, 0.15) is 5.56 Å². The molecule has 0 saturated carbocycles. The summed E-state index contributed by atoms with van der Waals surface area (Å²) in [6, 6.07) is 11.7. The van der Waals surface area contributed by atoms with Crippen LogP contribution in [0, 0.1) is 0 Å². The fraction of sp³-hybridized carbons (Fsp3) is 0.143. The fourth-order valence-electron chi connectivity index (χ4n) is 1.61. The molecule has 19 heavy (non-hydrogen) atoms. The Bertz CT molecular complexity index is 590. The van der Waals surface area contributed by atoms with Crippen LogP contribution < -0.4 is 10.1 Å². The zero-order valence-corrected chi connectivity index (χ0v) is 14.1.